The summed E-state index contributed by atoms with van der Waals surface area (Å²) in [5.74, 6) is -0.307. The van der Waals surface area contributed by atoms with Crippen LogP contribution in [0.1, 0.15) is 5.69 Å². The first-order chi connectivity index (χ1) is 12.0. The largest absolute Gasteiger partial charge is 0.316 e. The molecular weight excluding hydrogens is 323 g/mol. The molecule has 0 unspecified atom stereocenters. The third kappa shape index (κ3) is 2.25. The monoisotopic (exact) mass is 338 g/mol. The van der Waals surface area contributed by atoms with Crippen molar-refractivity contribution in [1.29, 1.82) is 0 Å². The molecule has 0 amide bonds. The molecule has 0 fully saturated rings. The van der Waals surface area contributed by atoms with E-state index in [4.69, 9.17) is 0 Å². The van der Waals surface area contributed by atoms with Crippen LogP contribution in [0.15, 0.2) is 41.3 Å². The number of pyridine rings is 1. The van der Waals surface area contributed by atoms with Crippen molar-refractivity contribution in [3.05, 3.63) is 58.4 Å². The zero-order valence-corrected chi connectivity index (χ0v) is 13.9. The first-order valence-electron chi connectivity index (χ1n) is 7.68. The summed E-state index contributed by atoms with van der Waals surface area (Å²) >= 11 is 0. The standard InChI is InChI=1S/C17H15FN6O/c1-10-14(11-4-6-12(18)7-5-11)16-20-19-15-13(24(16)21-10)8-9-23(17(15)25)22(2)3/h4-9H,1-3H3. The number of nitrogens with zero attached hydrogens (tertiary/aromatic N) is 6. The summed E-state index contributed by atoms with van der Waals surface area (Å²) in [6.07, 6.45) is 1.67. The van der Waals surface area contributed by atoms with E-state index in [1.54, 1.807) is 48.0 Å². The lowest BCUT2D eigenvalue weighted by Crippen LogP contribution is -2.36. The van der Waals surface area contributed by atoms with Gasteiger partial charge in [-0.1, -0.05) is 12.1 Å². The van der Waals surface area contributed by atoms with Gasteiger partial charge in [0.1, 0.15) is 11.3 Å². The molecule has 0 aliphatic heterocycles. The molecule has 25 heavy (non-hydrogen) atoms. The second kappa shape index (κ2) is 5.37. The molecule has 3 aromatic heterocycles. The molecule has 0 aliphatic rings. The average Bonchev–Trinajstić information content (AvgIpc) is 2.92. The van der Waals surface area contributed by atoms with Crippen LogP contribution in [-0.4, -0.2) is 38.6 Å². The quantitative estimate of drug-likeness (QED) is 0.557. The Labute approximate surface area is 141 Å². The van der Waals surface area contributed by atoms with E-state index < -0.39 is 0 Å². The minimum Gasteiger partial charge on any atom is -0.316 e. The summed E-state index contributed by atoms with van der Waals surface area (Å²) in [4.78, 5) is 12.5. The Kier molecular flexibility index (Phi) is 3.28. The number of halogens is 1. The van der Waals surface area contributed by atoms with Crippen LogP contribution in [0, 0.1) is 12.7 Å². The van der Waals surface area contributed by atoms with E-state index in [0.29, 0.717) is 11.2 Å². The number of hydrogen-bond donors (Lipinski definition) is 0. The number of hydrogen-bond acceptors (Lipinski definition) is 5. The van der Waals surface area contributed by atoms with E-state index >= 15 is 0 Å². The molecule has 4 aromatic rings. The molecule has 0 atom stereocenters. The predicted molar refractivity (Wildman–Crippen MR) is 92.7 cm³/mol. The molecule has 0 bridgehead atoms. The highest BCUT2D eigenvalue weighted by Gasteiger charge is 2.17. The third-order valence-corrected chi connectivity index (χ3v) is 4.10. The Bertz CT molecular complexity index is 1160. The molecule has 1 aromatic carbocycles. The van der Waals surface area contributed by atoms with Gasteiger partial charge in [0, 0.05) is 20.3 Å². The van der Waals surface area contributed by atoms with E-state index in [-0.39, 0.29) is 16.9 Å². The highest BCUT2D eigenvalue weighted by Crippen LogP contribution is 2.28. The van der Waals surface area contributed by atoms with Crippen molar-refractivity contribution < 1.29 is 4.39 Å². The summed E-state index contributed by atoms with van der Waals surface area (Å²) in [6, 6.07) is 7.91. The van der Waals surface area contributed by atoms with E-state index in [0.717, 1.165) is 16.8 Å². The van der Waals surface area contributed by atoms with Gasteiger partial charge >= 0.3 is 0 Å². The van der Waals surface area contributed by atoms with Crippen LogP contribution < -0.4 is 10.6 Å². The Morgan fingerprint density at radius 2 is 1.80 bits per heavy atom. The van der Waals surface area contributed by atoms with Gasteiger partial charge in [-0.2, -0.15) is 5.10 Å². The van der Waals surface area contributed by atoms with Crippen molar-refractivity contribution in [2.24, 2.45) is 0 Å². The van der Waals surface area contributed by atoms with Gasteiger partial charge in [0.05, 0.1) is 11.3 Å². The van der Waals surface area contributed by atoms with Gasteiger partial charge in [-0.25, -0.2) is 13.6 Å². The number of benzene rings is 1. The summed E-state index contributed by atoms with van der Waals surface area (Å²) in [5.41, 5.74) is 3.36. The number of rotatable bonds is 2. The van der Waals surface area contributed by atoms with E-state index in [1.165, 1.54) is 16.8 Å². The fourth-order valence-corrected chi connectivity index (χ4v) is 2.91. The molecule has 7 nitrogen and oxygen atoms in total. The lowest BCUT2D eigenvalue weighted by molar-refractivity contribution is 0.628. The molecule has 0 saturated carbocycles. The van der Waals surface area contributed by atoms with Gasteiger partial charge in [0.2, 0.25) is 0 Å². The lowest BCUT2D eigenvalue weighted by atomic mass is 10.1. The summed E-state index contributed by atoms with van der Waals surface area (Å²) < 4.78 is 16.3. The summed E-state index contributed by atoms with van der Waals surface area (Å²) in [7, 11) is 3.54. The summed E-state index contributed by atoms with van der Waals surface area (Å²) in [6.45, 7) is 1.85. The van der Waals surface area contributed by atoms with Crippen LogP contribution in [0.2, 0.25) is 0 Å². The normalized spacial score (nSPS) is 11.4. The van der Waals surface area contributed by atoms with Crippen LogP contribution >= 0.6 is 0 Å². The highest BCUT2D eigenvalue weighted by atomic mass is 19.1. The lowest BCUT2D eigenvalue weighted by Gasteiger charge is -2.15. The maximum Gasteiger partial charge on any atom is 0.298 e. The Balaban J connectivity index is 2.04. The molecule has 0 spiro atoms. The van der Waals surface area contributed by atoms with Crippen molar-refractivity contribution >= 4 is 16.7 Å². The van der Waals surface area contributed by atoms with Crippen LogP contribution in [0.25, 0.3) is 27.8 Å². The van der Waals surface area contributed by atoms with E-state index in [2.05, 4.69) is 15.3 Å². The first kappa shape index (κ1) is 15.3. The van der Waals surface area contributed by atoms with Crippen molar-refractivity contribution in [3.8, 4) is 11.1 Å². The molecule has 0 N–H and O–H groups in total. The molecule has 4 rings (SSSR count). The topological polar surface area (TPSA) is 68.3 Å². The molecule has 8 heteroatoms. The van der Waals surface area contributed by atoms with Crippen LogP contribution in [0.4, 0.5) is 4.39 Å². The second-order valence-electron chi connectivity index (χ2n) is 5.95. The molecule has 0 radical (unpaired) electrons. The van der Waals surface area contributed by atoms with Crippen molar-refractivity contribution in [2.75, 3.05) is 19.1 Å². The SMILES string of the molecule is Cc1nn2c(nnc3c(=O)n(N(C)C)ccc32)c1-c1ccc(F)cc1. The van der Waals surface area contributed by atoms with Crippen molar-refractivity contribution in [1.82, 2.24) is 24.5 Å². The van der Waals surface area contributed by atoms with Gasteiger partial charge in [-0.3, -0.25) is 4.79 Å². The van der Waals surface area contributed by atoms with Crippen molar-refractivity contribution in [2.45, 2.75) is 6.92 Å². The Morgan fingerprint density at radius 3 is 2.48 bits per heavy atom. The number of aromatic nitrogens is 5. The van der Waals surface area contributed by atoms with Gasteiger partial charge in [0.15, 0.2) is 11.2 Å². The minimum absolute atomic E-state index is 0.233. The molecule has 0 saturated heterocycles. The highest BCUT2D eigenvalue weighted by molar-refractivity contribution is 5.84. The second-order valence-corrected chi connectivity index (χ2v) is 5.95. The predicted octanol–water partition coefficient (Wildman–Crippen LogP) is 1.75. The summed E-state index contributed by atoms with van der Waals surface area (Å²) in [5, 5.41) is 14.5. The van der Waals surface area contributed by atoms with Gasteiger partial charge in [-0.15, -0.1) is 10.2 Å². The average molecular weight is 338 g/mol. The maximum absolute atomic E-state index is 13.2. The third-order valence-electron chi connectivity index (χ3n) is 4.10. The van der Waals surface area contributed by atoms with Gasteiger partial charge in [-0.05, 0) is 30.7 Å². The van der Waals surface area contributed by atoms with Gasteiger partial charge < -0.3 is 5.01 Å². The molecule has 3 heterocycles. The van der Waals surface area contributed by atoms with Gasteiger partial charge in [0.25, 0.3) is 5.56 Å². The zero-order chi connectivity index (χ0) is 17.7. The Morgan fingerprint density at radius 1 is 1.08 bits per heavy atom. The number of aryl methyl sites for hydroxylation is 1. The van der Waals surface area contributed by atoms with E-state index in [1.807, 2.05) is 6.92 Å². The number of fused-ring (bicyclic) bond motifs is 3. The molecule has 0 aliphatic carbocycles. The molecular formula is C17H15FN6O. The fraction of sp³-hybridized carbons (Fsp3) is 0.176. The van der Waals surface area contributed by atoms with Crippen molar-refractivity contribution in [3.63, 3.8) is 0 Å². The maximum atomic E-state index is 13.2. The fourth-order valence-electron chi connectivity index (χ4n) is 2.91. The van der Waals surface area contributed by atoms with Crippen LogP contribution in [-0.2, 0) is 0 Å². The smallest absolute Gasteiger partial charge is 0.298 e. The molecule has 126 valence electrons. The minimum atomic E-state index is -0.307. The zero-order valence-electron chi connectivity index (χ0n) is 13.9. The van der Waals surface area contributed by atoms with E-state index in [9.17, 15) is 9.18 Å². The Hall–Kier alpha value is -3.29. The van der Waals surface area contributed by atoms with Crippen LogP contribution in [0.5, 0.6) is 0 Å². The van der Waals surface area contributed by atoms with Crippen LogP contribution in [0.3, 0.4) is 0 Å². The first-order valence-corrected chi connectivity index (χ1v) is 7.68.